The van der Waals surface area contributed by atoms with Crippen molar-refractivity contribution >= 4 is 0 Å². The van der Waals surface area contributed by atoms with Crippen LogP contribution in [0.5, 0.6) is 5.75 Å². The van der Waals surface area contributed by atoms with Crippen LogP contribution in [0.1, 0.15) is 25.1 Å². The zero-order valence-corrected chi connectivity index (χ0v) is 12.6. The molecule has 112 valence electrons. The number of likely N-dealkylation sites (N-methyl/N-ethyl adjacent to an activating group) is 1. The Morgan fingerprint density at radius 1 is 1.60 bits per heavy atom. The molecule has 0 amide bonds. The number of aromatic nitrogens is 1. The summed E-state index contributed by atoms with van der Waals surface area (Å²) in [6, 6.07) is 3.88. The summed E-state index contributed by atoms with van der Waals surface area (Å²) in [6.45, 7) is 6.05. The van der Waals surface area contributed by atoms with E-state index in [-0.39, 0.29) is 12.1 Å². The van der Waals surface area contributed by atoms with Crippen LogP contribution in [0.3, 0.4) is 0 Å². The van der Waals surface area contributed by atoms with E-state index in [1.165, 1.54) is 6.42 Å². The van der Waals surface area contributed by atoms with Gasteiger partial charge in [-0.15, -0.1) is 0 Å². The van der Waals surface area contributed by atoms with Gasteiger partial charge in [-0.2, -0.15) is 0 Å². The van der Waals surface area contributed by atoms with Gasteiger partial charge in [0.25, 0.3) is 0 Å². The van der Waals surface area contributed by atoms with Crippen LogP contribution in [0.4, 0.5) is 0 Å². The fourth-order valence-corrected chi connectivity index (χ4v) is 2.76. The molecule has 1 aliphatic heterocycles. The molecule has 5 heteroatoms. The first-order valence-corrected chi connectivity index (χ1v) is 7.30. The molecule has 1 saturated heterocycles. The number of nitrogens with zero attached hydrogens (tertiary/aromatic N) is 2. The molecule has 2 rings (SSSR count). The number of rotatable bonds is 6. The molecule has 0 aromatic carbocycles. The highest BCUT2D eigenvalue weighted by atomic mass is 16.5. The van der Waals surface area contributed by atoms with Crippen molar-refractivity contribution < 1.29 is 9.47 Å². The summed E-state index contributed by atoms with van der Waals surface area (Å²) in [4.78, 5) is 6.93. The average Bonchev–Trinajstić information content (AvgIpc) is 2.49. The van der Waals surface area contributed by atoms with Gasteiger partial charge in [0.05, 0.1) is 25.9 Å². The van der Waals surface area contributed by atoms with Crippen molar-refractivity contribution in [2.75, 3.05) is 40.4 Å². The molecule has 2 atom stereocenters. The molecule has 1 aromatic heterocycles. The summed E-state index contributed by atoms with van der Waals surface area (Å²) in [5.74, 6) is 0.808. The van der Waals surface area contributed by atoms with Crippen molar-refractivity contribution in [2.45, 2.75) is 25.5 Å². The molecule has 2 unspecified atom stereocenters. The number of hydrogen-bond acceptors (Lipinski definition) is 5. The maximum Gasteiger partial charge on any atom is 0.142 e. The van der Waals surface area contributed by atoms with Gasteiger partial charge in [0.15, 0.2) is 0 Å². The first kappa shape index (κ1) is 15.2. The largest absolute Gasteiger partial charge is 0.495 e. The molecular weight excluding hydrogens is 254 g/mol. The summed E-state index contributed by atoms with van der Waals surface area (Å²) < 4.78 is 11.4. The highest BCUT2D eigenvalue weighted by Gasteiger charge is 2.30. The molecule has 2 heterocycles. The van der Waals surface area contributed by atoms with E-state index < -0.39 is 0 Å². The molecule has 20 heavy (non-hydrogen) atoms. The van der Waals surface area contributed by atoms with E-state index in [1.54, 1.807) is 13.3 Å². The van der Waals surface area contributed by atoms with Crippen LogP contribution >= 0.6 is 0 Å². The Morgan fingerprint density at radius 3 is 3.15 bits per heavy atom. The molecule has 1 N–H and O–H groups in total. The highest BCUT2D eigenvalue weighted by Crippen LogP contribution is 2.27. The standard InChI is InChI=1S/C15H25N3O2/c1-4-8-18-9-10-20-13(11-18)14(16-2)15-12(19-3)6-5-7-17-15/h5-7,13-14,16H,4,8-11H2,1-3H3. The molecule has 0 aliphatic carbocycles. The fourth-order valence-electron chi connectivity index (χ4n) is 2.76. The van der Waals surface area contributed by atoms with E-state index in [2.05, 4.69) is 22.1 Å². The van der Waals surface area contributed by atoms with Gasteiger partial charge < -0.3 is 14.8 Å². The number of methoxy groups -OCH3 is 1. The van der Waals surface area contributed by atoms with Gasteiger partial charge in [0.1, 0.15) is 11.4 Å². The molecule has 0 radical (unpaired) electrons. The first-order chi connectivity index (χ1) is 9.80. The van der Waals surface area contributed by atoms with Gasteiger partial charge in [0, 0.05) is 19.3 Å². The van der Waals surface area contributed by atoms with Crippen molar-refractivity contribution in [3.05, 3.63) is 24.0 Å². The summed E-state index contributed by atoms with van der Waals surface area (Å²) in [5, 5.41) is 3.33. The normalized spacial score (nSPS) is 21.6. The molecule has 1 aliphatic rings. The van der Waals surface area contributed by atoms with Crippen LogP contribution in [0.2, 0.25) is 0 Å². The Bertz CT molecular complexity index is 412. The maximum atomic E-state index is 5.96. The molecule has 0 bridgehead atoms. The second-order valence-corrected chi connectivity index (χ2v) is 5.07. The number of morpholine rings is 1. The van der Waals surface area contributed by atoms with Crippen LogP contribution in [0, 0.1) is 0 Å². The third-order valence-corrected chi connectivity index (χ3v) is 3.71. The lowest BCUT2D eigenvalue weighted by Gasteiger charge is -2.36. The number of ether oxygens (including phenoxy) is 2. The van der Waals surface area contributed by atoms with E-state index in [1.807, 2.05) is 19.2 Å². The smallest absolute Gasteiger partial charge is 0.142 e. The molecule has 5 nitrogen and oxygen atoms in total. The van der Waals surface area contributed by atoms with Gasteiger partial charge in [-0.1, -0.05) is 6.92 Å². The summed E-state index contributed by atoms with van der Waals surface area (Å²) >= 11 is 0. The summed E-state index contributed by atoms with van der Waals surface area (Å²) in [5.41, 5.74) is 0.917. The van der Waals surface area contributed by atoms with E-state index >= 15 is 0 Å². The zero-order valence-electron chi connectivity index (χ0n) is 12.6. The molecule has 0 spiro atoms. The summed E-state index contributed by atoms with van der Waals surface area (Å²) in [7, 11) is 3.62. The van der Waals surface area contributed by atoms with Crippen LogP contribution in [-0.2, 0) is 4.74 Å². The maximum absolute atomic E-state index is 5.96. The molecule has 1 fully saturated rings. The quantitative estimate of drug-likeness (QED) is 0.854. The number of pyridine rings is 1. The number of nitrogens with one attached hydrogen (secondary N) is 1. The van der Waals surface area contributed by atoms with Gasteiger partial charge in [-0.3, -0.25) is 9.88 Å². The predicted octanol–water partition coefficient (Wildman–Crippen LogP) is 1.46. The van der Waals surface area contributed by atoms with Crippen LogP contribution in [0.25, 0.3) is 0 Å². The van der Waals surface area contributed by atoms with E-state index in [0.29, 0.717) is 0 Å². The SMILES string of the molecule is CCCN1CCOC(C(NC)c2ncccc2OC)C1. The van der Waals surface area contributed by atoms with Crippen molar-refractivity contribution in [2.24, 2.45) is 0 Å². The third kappa shape index (κ3) is 3.48. The lowest BCUT2D eigenvalue weighted by atomic mass is 10.0. The highest BCUT2D eigenvalue weighted by molar-refractivity contribution is 5.30. The van der Waals surface area contributed by atoms with Crippen molar-refractivity contribution in [3.8, 4) is 5.75 Å². The zero-order chi connectivity index (χ0) is 14.4. The summed E-state index contributed by atoms with van der Waals surface area (Å²) in [6.07, 6.45) is 3.07. The minimum Gasteiger partial charge on any atom is -0.495 e. The average molecular weight is 279 g/mol. The Morgan fingerprint density at radius 2 is 2.45 bits per heavy atom. The molecule has 1 aromatic rings. The predicted molar refractivity (Wildman–Crippen MR) is 79.1 cm³/mol. The van der Waals surface area contributed by atoms with Crippen molar-refractivity contribution in [1.82, 2.24) is 15.2 Å². The van der Waals surface area contributed by atoms with Gasteiger partial charge >= 0.3 is 0 Å². The molecular formula is C15H25N3O2. The topological polar surface area (TPSA) is 46.6 Å². The minimum absolute atomic E-state index is 0.0470. The Balaban J connectivity index is 2.14. The first-order valence-electron chi connectivity index (χ1n) is 7.30. The number of hydrogen-bond donors (Lipinski definition) is 1. The van der Waals surface area contributed by atoms with Crippen LogP contribution in [0.15, 0.2) is 18.3 Å². The minimum atomic E-state index is 0.0470. The fraction of sp³-hybridized carbons (Fsp3) is 0.667. The van der Waals surface area contributed by atoms with E-state index in [4.69, 9.17) is 9.47 Å². The lowest BCUT2D eigenvalue weighted by molar-refractivity contribution is -0.0468. The van der Waals surface area contributed by atoms with Crippen LogP contribution < -0.4 is 10.1 Å². The van der Waals surface area contributed by atoms with Gasteiger partial charge in [-0.25, -0.2) is 0 Å². The Hall–Kier alpha value is -1.17. The van der Waals surface area contributed by atoms with Crippen molar-refractivity contribution in [3.63, 3.8) is 0 Å². The third-order valence-electron chi connectivity index (χ3n) is 3.71. The monoisotopic (exact) mass is 279 g/mol. The van der Waals surface area contributed by atoms with E-state index in [0.717, 1.165) is 37.7 Å². The lowest BCUT2D eigenvalue weighted by Crippen LogP contribution is -2.48. The van der Waals surface area contributed by atoms with Gasteiger partial charge in [0.2, 0.25) is 0 Å². The van der Waals surface area contributed by atoms with Gasteiger partial charge in [-0.05, 0) is 32.1 Å². The Kier molecular flexibility index (Phi) is 5.76. The second-order valence-electron chi connectivity index (χ2n) is 5.07. The van der Waals surface area contributed by atoms with Crippen LogP contribution in [-0.4, -0.2) is 56.4 Å². The van der Waals surface area contributed by atoms with E-state index in [9.17, 15) is 0 Å². The van der Waals surface area contributed by atoms with Crippen molar-refractivity contribution in [1.29, 1.82) is 0 Å². The Labute approximate surface area is 121 Å². The molecule has 0 saturated carbocycles. The second kappa shape index (κ2) is 7.57.